The van der Waals surface area contributed by atoms with Gasteiger partial charge in [-0.2, -0.15) is 0 Å². The molecular weight excluding hydrogens is 314 g/mol. The molecule has 1 aliphatic rings. The first-order valence-corrected chi connectivity index (χ1v) is 9.53. The van der Waals surface area contributed by atoms with Gasteiger partial charge in [0.05, 0.1) is 6.61 Å². The van der Waals surface area contributed by atoms with E-state index in [2.05, 4.69) is 38.2 Å². The molecule has 4 nitrogen and oxygen atoms in total. The SMILES string of the molecule is CC(C)(C)c1ccc(OCCCC(=O)NCCC2CCOCC2)cc1. The normalized spacial score (nSPS) is 15.8. The van der Waals surface area contributed by atoms with Gasteiger partial charge in [-0.05, 0) is 54.7 Å². The molecule has 1 aromatic carbocycles. The summed E-state index contributed by atoms with van der Waals surface area (Å²) in [5.74, 6) is 1.69. The highest BCUT2D eigenvalue weighted by molar-refractivity contribution is 5.75. The highest BCUT2D eigenvalue weighted by atomic mass is 16.5. The lowest BCUT2D eigenvalue weighted by atomic mass is 9.87. The van der Waals surface area contributed by atoms with Crippen molar-refractivity contribution in [2.24, 2.45) is 5.92 Å². The molecule has 0 aliphatic carbocycles. The van der Waals surface area contributed by atoms with Gasteiger partial charge in [0.25, 0.3) is 0 Å². The number of benzene rings is 1. The van der Waals surface area contributed by atoms with Crippen LogP contribution in [0.25, 0.3) is 0 Å². The second kappa shape index (κ2) is 9.81. The van der Waals surface area contributed by atoms with E-state index in [9.17, 15) is 4.79 Å². The molecule has 0 spiro atoms. The van der Waals surface area contributed by atoms with Gasteiger partial charge in [-0.25, -0.2) is 0 Å². The van der Waals surface area contributed by atoms with Crippen LogP contribution < -0.4 is 10.1 Å². The maximum absolute atomic E-state index is 11.9. The molecule has 1 heterocycles. The summed E-state index contributed by atoms with van der Waals surface area (Å²) in [5, 5.41) is 3.02. The van der Waals surface area contributed by atoms with Crippen LogP contribution in [-0.2, 0) is 14.9 Å². The Morgan fingerprint density at radius 3 is 2.52 bits per heavy atom. The van der Waals surface area contributed by atoms with Crippen molar-refractivity contribution in [3.63, 3.8) is 0 Å². The van der Waals surface area contributed by atoms with E-state index in [1.165, 1.54) is 5.56 Å². The van der Waals surface area contributed by atoms with Crippen LogP contribution >= 0.6 is 0 Å². The fourth-order valence-corrected chi connectivity index (χ4v) is 3.01. The number of nitrogens with one attached hydrogen (secondary N) is 1. The second-order valence-corrected chi connectivity index (χ2v) is 7.92. The van der Waals surface area contributed by atoms with Crippen molar-refractivity contribution in [3.05, 3.63) is 29.8 Å². The van der Waals surface area contributed by atoms with Gasteiger partial charge in [-0.15, -0.1) is 0 Å². The third-order valence-corrected chi connectivity index (χ3v) is 4.75. The topological polar surface area (TPSA) is 47.6 Å². The minimum Gasteiger partial charge on any atom is -0.494 e. The van der Waals surface area contributed by atoms with Crippen molar-refractivity contribution in [1.82, 2.24) is 5.32 Å². The lowest BCUT2D eigenvalue weighted by Crippen LogP contribution is -2.27. The van der Waals surface area contributed by atoms with E-state index in [1.807, 2.05) is 12.1 Å². The van der Waals surface area contributed by atoms with Crippen molar-refractivity contribution in [2.75, 3.05) is 26.4 Å². The Hall–Kier alpha value is -1.55. The van der Waals surface area contributed by atoms with Gasteiger partial charge >= 0.3 is 0 Å². The van der Waals surface area contributed by atoms with Crippen LogP contribution in [0.15, 0.2) is 24.3 Å². The van der Waals surface area contributed by atoms with Gasteiger partial charge in [0.2, 0.25) is 5.91 Å². The molecule has 2 rings (SSSR count). The number of hydrogen-bond donors (Lipinski definition) is 1. The minimum absolute atomic E-state index is 0.124. The molecule has 0 unspecified atom stereocenters. The van der Waals surface area contributed by atoms with E-state index >= 15 is 0 Å². The van der Waals surface area contributed by atoms with Crippen LogP contribution in [0.3, 0.4) is 0 Å². The minimum atomic E-state index is 0.124. The first kappa shape index (κ1) is 19.8. The van der Waals surface area contributed by atoms with E-state index in [-0.39, 0.29) is 11.3 Å². The largest absolute Gasteiger partial charge is 0.494 e. The maximum Gasteiger partial charge on any atom is 0.220 e. The van der Waals surface area contributed by atoms with Crippen LogP contribution in [0.4, 0.5) is 0 Å². The van der Waals surface area contributed by atoms with Crippen LogP contribution in [0.5, 0.6) is 5.75 Å². The average Bonchev–Trinajstić information content (AvgIpc) is 2.59. The zero-order valence-corrected chi connectivity index (χ0v) is 16.0. The van der Waals surface area contributed by atoms with Gasteiger partial charge in [-0.3, -0.25) is 4.79 Å². The van der Waals surface area contributed by atoms with E-state index in [0.717, 1.165) is 51.2 Å². The molecule has 25 heavy (non-hydrogen) atoms. The summed E-state index contributed by atoms with van der Waals surface area (Å²) in [4.78, 5) is 11.9. The fraction of sp³-hybridized carbons (Fsp3) is 0.667. The van der Waals surface area contributed by atoms with Crippen molar-refractivity contribution < 1.29 is 14.3 Å². The Kier molecular flexibility index (Phi) is 7.76. The molecule has 0 aromatic heterocycles. The first-order valence-electron chi connectivity index (χ1n) is 9.53. The highest BCUT2D eigenvalue weighted by Crippen LogP contribution is 2.24. The molecule has 1 saturated heterocycles. The molecule has 1 fully saturated rings. The quantitative estimate of drug-likeness (QED) is 0.721. The van der Waals surface area contributed by atoms with Gasteiger partial charge in [0, 0.05) is 26.2 Å². The summed E-state index contributed by atoms with van der Waals surface area (Å²) in [7, 11) is 0. The number of carbonyl (C=O) groups excluding carboxylic acids is 1. The van der Waals surface area contributed by atoms with Crippen molar-refractivity contribution in [1.29, 1.82) is 0 Å². The number of rotatable bonds is 8. The van der Waals surface area contributed by atoms with Crippen LogP contribution in [-0.4, -0.2) is 32.3 Å². The lowest BCUT2D eigenvalue weighted by Gasteiger charge is -2.21. The molecule has 1 N–H and O–H groups in total. The molecule has 0 atom stereocenters. The van der Waals surface area contributed by atoms with Crippen molar-refractivity contribution in [3.8, 4) is 5.75 Å². The molecule has 1 amide bonds. The summed E-state index contributed by atoms with van der Waals surface area (Å²) in [6.45, 7) is 9.68. The summed E-state index contributed by atoms with van der Waals surface area (Å²) in [5.41, 5.74) is 1.45. The smallest absolute Gasteiger partial charge is 0.220 e. The monoisotopic (exact) mass is 347 g/mol. The zero-order valence-electron chi connectivity index (χ0n) is 16.0. The van der Waals surface area contributed by atoms with Gasteiger partial charge in [0.15, 0.2) is 0 Å². The maximum atomic E-state index is 11.9. The molecule has 0 saturated carbocycles. The Morgan fingerprint density at radius 1 is 1.20 bits per heavy atom. The second-order valence-electron chi connectivity index (χ2n) is 7.92. The summed E-state index contributed by atoms with van der Waals surface area (Å²) < 4.78 is 11.1. The number of ether oxygens (including phenoxy) is 2. The molecule has 4 heteroatoms. The van der Waals surface area contributed by atoms with Crippen LogP contribution in [0, 0.1) is 5.92 Å². The van der Waals surface area contributed by atoms with Crippen LogP contribution in [0.2, 0.25) is 0 Å². The zero-order chi connectivity index (χ0) is 18.1. The van der Waals surface area contributed by atoms with Gasteiger partial charge in [-0.1, -0.05) is 32.9 Å². The van der Waals surface area contributed by atoms with E-state index < -0.39 is 0 Å². The molecule has 0 bridgehead atoms. The van der Waals surface area contributed by atoms with Gasteiger partial charge in [0.1, 0.15) is 5.75 Å². The standard InChI is InChI=1S/C21H33NO3/c1-21(2,3)18-6-8-19(9-7-18)25-14-4-5-20(23)22-13-10-17-11-15-24-16-12-17/h6-9,17H,4-5,10-16H2,1-3H3,(H,22,23). The third kappa shape index (κ3) is 7.47. The fourth-order valence-electron chi connectivity index (χ4n) is 3.01. The molecule has 1 aliphatic heterocycles. The predicted octanol–water partition coefficient (Wildman–Crippen LogP) is 4.08. The summed E-state index contributed by atoms with van der Waals surface area (Å²) in [6, 6.07) is 8.24. The summed E-state index contributed by atoms with van der Waals surface area (Å²) >= 11 is 0. The Labute approximate surface area is 152 Å². The predicted molar refractivity (Wildman–Crippen MR) is 101 cm³/mol. The summed E-state index contributed by atoms with van der Waals surface area (Å²) in [6.07, 6.45) is 4.57. The Morgan fingerprint density at radius 2 is 1.88 bits per heavy atom. The Bertz CT molecular complexity index is 513. The number of hydrogen-bond acceptors (Lipinski definition) is 3. The lowest BCUT2D eigenvalue weighted by molar-refractivity contribution is -0.121. The van der Waals surface area contributed by atoms with E-state index in [0.29, 0.717) is 18.9 Å². The van der Waals surface area contributed by atoms with E-state index in [4.69, 9.17) is 9.47 Å². The Balaban J connectivity index is 1.55. The third-order valence-electron chi connectivity index (χ3n) is 4.75. The number of amides is 1. The highest BCUT2D eigenvalue weighted by Gasteiger charge is 2.14. The first-order chi connectivity index (χ1) is 11.9. The molecule has 1 aromatic rings. The van der Waals surface area contributed by atoms with Gasteiger partial charge < -0.3 is 14.8 Å². The average molecular weight is 347 g/mol. The molecule has 140 valence electrons. The van der Waals surface area contributed by atoms with Crippen molar-refractivity contribution >= 4 is 5.91 Å². The van der Waals surface area contributed by atoms with E-state index in [1.54, 1.807) is 0 Å². The molecule has 0 radical (unpaired) electrons. The van der Waals surface area contributed by atoms with Crippen LogP contribution in [0.1, 0.15) is 58.4 Å². The van der Waals surface area contributed by atoms with Crippen molar-refractivity contribution in [2.45, 2.75) is 58.3 Å². The number of carbonyl (C=O) groups is 1. The molecular formula is C21H33NO3.